The maximum atomic E-state index is 10.3. The van der Waals surface area contributed by atoms with E-state index < -0.39 is 6.10 Å². The second-order valence-electron chi connectivity index (χ2n) is 4.43. The minimum Gasteiger partial charge on any atom is -0.490 e. The summed E-state index contributed by atoms with van der Waals surface area (Å²) >= 11 is 4.96. The van der Waals surface area contributed by atoms with Crippen LogP contribution in [0.5, 0.6) is 5.75 Å². The van der Waals surface area contributed by atoms with Gasteiger partial charge in [0.2, 0.25) is 0 Å². The van der Waals surface area contributed by atoms with E-state index in [1.54, 1.807) is 11.3 Å². The standard InChI is InChI=1S/C14H13BrO2S/c15-13-7-6-12(18-13)14(16)9-2-1-3-11(8-9)17-10-4-5-10/h1-3,6-8,10,14,16H,4-5H2. The fraction of sp³-hybridized carbons (Fsp3) is 0.286. The van der Waals surface area contributed by atoms with Gasteiger partial charge in [0.25, 0.3) is 0 Å². The maximum absolute atomic E-state index is 10.3. The molecule has 0 aliphatic heterocycles. The predicted octanol–water partition coefficient (Wildman–Crippen LogP) is 4.13. The first-order chi connectivity index (χ1) is 8.72. The Bertz CT molecular complexity index is 548. The van der Waals surface area contributed by atoms with E-state index in [-0.39, 0.29) is 0 Å². The highest BCUT2D eigenvalue weighted by atomic mass is 79.9. The van der Waals surface area contributed by atoms with Crippen molar-refractivity contribution in [1.29, 1.82) is 0 Å². The Morgan fingerprint density at radius 2 is 2.11 bits per heavy atom. The van der Waals surface area contributed by atoms with Gasteiger partial charge in [-0.2, -0.15) is 0 Å². The molecule has 1 fully saturated rings. The molecule has 1 saturated carbocycles. The van der Waals surface area contributed by atoms with Crippen LogP contribution < -0.4 is 4.74 Å². The van der Waals surface area contributed by atoms with Crippen LogP contribution in [0.4, 0.5) is 0 Å². The van der Waals surface area contributed by atoms with Crippen LogP contribution >= 0.6 is 27.3 Å². The molecule has 3 rings (SSSR count). The molecule has 2 nitrogen and oxygen atoms in total. The van der Waals surface area contributed by atoms with E-state index in [9.17, 15) is 5.11 Å². The SMILES string of the molecule is OC(c1cccc(OC2CC2)c1)c1ccc(Br)s1. The number of aliphatic hydroxyl groups is 1. The molecule has 0 radical (unpaired) electrons. The van der Waals surface area contributed by atoms with Gasteiger partial charge in [-0.25, -0.2) is 0 Å². The van der Waals surface area contributed by atoms with Crippen LogP contribution in [0.1, 0.15) is 29.4 Å². The average Bonchev–Trinajstić information content (AvgIpc) is 3.08. The molecule has 18 heavy (non-hydrogen) atoms. The van der Waals surface area contributed by atoms with Crippen LogP contribution in [0.25, 0.3) is 0 Å². The zero-order chi connectivity index (χ0) is 12.5. The van der Waals surface area contributed by atoms with E-state index in [1.807, 2.05) is 36.4 Å². The van der Waals surface area contributed by atoms with Crippen LogP contribution in [-0.2, 0) is 0 Å². The van der Waals surface area contributed by atoms with Crippen molar-refractivity contribution in [3.8, 4) is 5.75 Å². The van der Waals surface area contributed by atoms with Crippen LogP contribution in [0.2, 0.25) is 0 Å². The molecule has 2 aromatic rings. The summed E-state index contributed by atoms with van der Waals surface area (Å²) in [6.07, 6.45) is 2.09. The zero-order valence-electron chi connectivity index (χ0n) is 9.67. The van der Waals surface area contributed by atoms with E-state index in [0.29, 0.717) is 6.10 Å². The third-order valence-electron chi connectivity index (χ3n) is 2.86. The van der Waals surface area contributed by atoms with Crippen molar-refractivity contribution in [3.63, 3.8) is 0 Å². The molecule has 4 heteroatoms. The number of benzene rings is 1. The van der Waals surface area contributed by atoms with E-state index >= 15 is 0 Å². The highest BCUT2D eigenvalue weighted by molar-refractivity contribution is 9.11. The molecule has 1 heterocycles. The number of aliphatic hydroxyl groups excluding tert-OH is 1. The van der Waals surface area contributed by atoms with Crippen molar-refractivity contribution in [2.24, 2.45) is 0 Å². The van der Waals surface area contributed by atoms with Gasteiger partial charge in [0.05, 0.1) is 9.89 Å². The molecule has 1 unspecified atom stereocenters. The largest absolute Gasteiger partial charge is 0.490 e. The molecule has 0 bridgehead atoms. The summed E-state index contributed by atoms with van der Waals surface area (Å²) in [5.74, 6) is 0.852. The number of hydrogen-bond acceptors (Lipinski definition) is 3. The van der Waals surface area contributed by atoms with Gasteiger partial charge in [0.15, 0.2) is 0 Å². The van der Waals surface area contributed by atoms with Crippen LogP contribution in [-0.4, -0.2) is 11.2 Å². The average molecular weight is 325 g/mol. The van der Waals surface area contributed by atoms with Crippen molar-refractivity contribution in [2.75, 3.05) is 0 Å². The van der Waals surface area contributed by atoms with Crippen LogP contribution in [0, 0.1) is 0 Å². The lowest BCUT2D eigenvalue weighted by atomic mass is 10.1. The minimum atomic E-state index is -0.580. The molecule has 0 spiro atoms. The van der Waals surface area contributed by atoms with Crippen molar-refractivity contribution < 1.29 is 9.84 Å². The molecular weight excluding hydrogens is 312 g/mol. The number of ether oxygens (including phenoxy) is 1. The van der Waals surface area contributed by atoms with E-state index in [1.165, 1.54) is 0 Å². The van der Waals surface area contributed by atoms with Crippen molar-refractivity contribution in [1.82, 2.24) is 0 Å². The van der Waals surface area contributed by atoms with Gasteiger partial charge in [-0.3, -0.25) is 0 Å². The van der Waals surface area contributed by atoms with E-state index in [2.05, 4.69) is 15.9 Å². The van der Waals surface area contributed by atoms with Crippen LogP contribution in [0.3, 0.4) is 0 Å². The van der Waals surface area contributed by atoms with Crippen molar-refractivity contribution in [2.45, 2.75) is 25.0 Å². The monoisotopic (exact) mass is 324 g/mol. The molecule has 1 N–H and O–H groups in total. The van der Waals surface area contributed by atoms with E-state index in [0.717, 1.165) is 32.8 Å². The highest BCUT2D eigenvalue weighted by Gasteiger charge is 2.23. The first-order valence-electron chi connectivity index (χ1n) is 5.92. The summed E-state index contributed by atoms with van der Waals surface area (Å²) in [6, 6.07) is 11.6. The normalized spacial score (nSPS) is 16.6. The van der Waals surface area contributed by atoms with Crippen LogP contribution in [0.15, 0.2) is 40.2 Å². The number of rotatable bonds is 4. The lowest BCUT2D eigenvalue weighted by molar-refractivity contribution is 0.223. The summed E-state index contributed by atoms with van der Waals surface area (Å²) in [6.45, 7) is 0. The Balaban J connectivity index is 1.81. The van der Waals surface area contributed by atoms with Gasteiger partial charge in [0, 0.05) is 4.88 Å². The Labute approximate surface area is 118 Å². The molecular formula is C14H13BrO2S. The first-order valence-corrected chi connectivity index (χ1v) is 7.53. The molecule has 0 amide bonds. The minimum absolute atomic E-state index is 0.383. The molecule has 0 saturated heterocycles. The Morgan fingerprint density at radius 1 is 1.28 bits per heavy atom. The summed E-state index contributed by atoms with van der Waals surface area (Å²) < 4.78 is 6.77. The van der Waals surface area contributed by atoms with Gasteiger partial charge in [-0.1, -0.05) is 12.1 Å². The quantitative estimate of drug-likeness (QED) is 0.916. The van der Waals surface area contributed by atoms with Gasteiger partial charge in [-0.05, 0) is 58.6 Å². The van der Waals surface area contributed by atoms with Gasteiger partial charge < -0.3 is 9.84 Å². The molecule has 1 aliphatic rings. The second kappa shape index (κ2) is 5.03. The maximum Gasteiger partial charge on any atom is 0.120 e. The Hall–Kier alpha value is -0.840. The molecule has 1 atom stereocenters. The zero-order valence-corrected chi connectivity index (χ0v) is 12.1. The summed E-state index contributed by atoms with van der Waals surface area (Å²) in [7, 11) is 0. The summed E-state index contributed by atoms with van der Waals surface area (Å²) in [4.78, 5) is 0.936. The molecule has 1 aromatic carbocycles. The lowest BCUT2D eigenvalue weighted by Gasteiger charge is -2.11. The first kappa shape index (κ1) is 12.2. The van der Waals surface area contributed by atoms with E-state index in [4.69, 9.17) is 4.74 Å². The fourth-order valence-corrected chi connectivity index (χ4v) is 3.21. The number of halogens is 1. The topological polar surface area (TPSA) is 29.5 Å². The smallest absolute Gasteiger partial charge is 0.120 e. The highest BCUT2D eigenvalue weighted by Crippen LogP contribution is 2.33. The predicted molar refractivity (Wildman–Crippen MR) is 76.2 cm³/mol. The van der Waals surface area contributed by atoms with Gasteiger partial charge in [-0.15, -0.1) is 11.3 Å². The third kappa shape index (κ3) is 2.76. The Morgan fingerprint density at radius 3 is 2.78 bits per heavy atom. The fourth-order valence-electron chi connectivity index (χ4n) is 1.78. The summed E-state index contributed by atoms with van der Waals surface area (Å²) in [5, 5.41) is 10.3. The van der Waals surface area contributed by atoms with Crippen molar-refractivity contribution >= 4 is 27.3 Å². The molecule has 94 valence electrons. The third-order valence-corrected chi connectivity index (χ3v) is 4.54. The van der Waals surface area contributed by atoms with Gasteiger partial charge in [0.1, 0.15) is 11.9 Å². The molecule has 1 aromatic heterocycles. The second-order valence-corrected chi connectivity index (χ2v) is 6.93. The Kier molecular flexibility index (Phi) is 3.41. The van der Waals surface area contributed by atoms with Crippen molar-refractivity contribution in [3.05, 3.63) is 50.6 Å². The molecule has 1 aliphatic carbocycles. The van der Waals surface area contributed by atoms with Gasteiger partial charge >= 0.3 is 0 Å². The number of hydrogen-bond donors (Lipinski definition) is 1. The summed E-state index contributed by atoms with van der Waals surface area (Å²) in [5.41, 5.74) is 0.877. The number of thiophene rings is 1. The lowest BCUT2D eigenvalue weighted by Crippen LogP contribution is -2.00.